The molecule has 2 heterocycles. The molecule has 0 atom stereocenters. The van der Waals surface area contributed by atoms with Crippen LogP contribution in [0.1, 0.15) is 43.0 Å². The Morgan fingerprint density at radius 1 is 1.41 bits per heavy atom. The number of aryl methyl sites for hydroxylation is 2. The maximum absolute atomic E-state index is 12.3. The fourth-order valence-electron chi connectivity index (χ4n) is 2.64. The van der Waals surface area contributed by atoms with Crippen molar-refractivity contribution in [3.05, 3.63) is 44.3 Å². The van der Waals surface area contributed by atoms with Gasteiger partial charge in [0.1, 0.15) is 6.61 Å². The average Bonchev–Trinajstić information content (AvgIpc) is 2.83. The van der Waals surface area contributed by atoms with Crippen LogP contribution in [0.15, 0.2) is 22.5 Å². The number of allylic oxidation sites excluding steroid dienone is 1. The third-order valence-corrected chi connectivity index (χ3v) is 4.73. The fraction of sp³-hybridized carbons (Fsp3) is 0.438. The summed E-state index contributed by atoms with van der Waals surface area (Å²) in [7, 11) is 0. The second-order valence-electron chi connectivity index (χ2n) is 5.71. The molecule has 0 spiro atoms. The maximum atomic E-state index is 12.3. The smallest absolute Gasteiger partial charge is 0.331 e. The summed E-state index contributed by atoms with van der Waals surface area (Å²) in [5, 5.41) is 0. The van der Waals surface area contributed by atoms with Crippen molar-refractivity contribution < 1.29 is 9.53 Å². The standard InChI is InChI=1S/C16H18N2O3S/c1-10(2)7-15(20)21-9-11-8-14(19)18-12-5-3-4-6-13(12)22-16(18)17-11/h7-8H,3-6,9H2,1-2H3. The van der Waals surface area contributed by atoms with E-state index in [0.717, 1.165) is 30.5 Å². The number of rotatable bonds is 3. The molecule has 1 aliphatic rings. The Labute approximate surface area is 132 Å². The molecule has 0 N–H and O–H groups in total. The lowest BCUT2D eigenvalue weighted by Crippen LogP contribution is -2.18. The van der Waals surface area contributed by atoms with Gasteiger partial charge in [-0.2, -0.15) is 0 Å². The summed E-state index contributed by atoms with van der Waals surface area (Å²) in [5.41, 5.74) is 2.40. The van der Waals surface area contributed by atoms with E-state index in [1.165, 1.54) is 23.4 Å². The van der Waals surface area contributed by atoms with Crippen molar-refractivity contribution in [1.29, 1.82) is 0 Å². The van der Waals surface area contributed by atoms with Crippen LogP contribution in [0, 0.1) is 0 Å². The Kier molecular flexibility index (Phi) is 4.11. The molecule has 0 fully saturated rings. The Hall–Kier alpha value is -1.95. The minimum atomic E-state index is -0.410. The largest absolute Gasteiger partial charge is 0.456 e. The van der Waals surface area contributed by atoms with Crippen molar-refractivity contribution in [3.8, 4) is 0 Å². The molecule has 0 saturated heterocycles. The van der Waals surface area contributed by atoms with Crippen LogP contribution < -0.4 is 5.56 Å². The molecule has 0 unspecified atom stereocenters. The number of nitrogens with zero attached hydrogens (tertiary/aromatic N) is 2. The van der Waals surface area contributed by atoms with Crippen LogP contribution in [0.25, 0.3) is 4.96 Å². The highest BCUT2D eigenvalue weighted by atomic mass is 32.1. The normalized spacial score (nSPS) is 13.7. The lowest BCUT2D eigenvalue weighted by atomic mass is 10.0. The molecule has 2 aromatic heterocycles. The number of hydrogen-bond acceptors (Lipinski definition) is 5. The van der Waals surface area contributed by atoms with Gasteiger partial charge in [0, 0.05) is 22.7 Å². The molecule has 0 saturated carbocycles. The highest BCUT2D eigenvalue weighted by Crippen LogP contribution is 2.28. The number of carbonyl (C=O) groups is 1. The third kappa shape index (κ3) is 2.97. The predicted octanol–water partition coefficient (Wildman–Crippen LogP) is 2.64. The van der Waals surface area contributed by atoms with Crippen LogP contribution in [-0.4, -0.2) is 15.4 Å². The molecule has 116 valence electrons. The van der Waals surface area contributed by atoms with E-state index < -0.39 is 5.97 Å². The Balaban J connectivity index is 1.88. The fourth-order valence-corrected chi connectivity index (χ4v) is 3.87. The Bertz CT molecular complexity index is 813. The topological polar surface area (TPSA) is 60.7 Å². The molecule has 5 nitrogen and oxygen atoms in total. The summed E-state index contributed by atoms with van der Waals surface area (Å²) >= 11 is 1.57. The van der Waals surface area contributed by atoms with Gasteiger partial charge < -0.3 is 4.74 Å². The lowest BCUT2D eigenvalue weighted by molar-refractivity contribution is -0.139. The Morgan fingerprint density at radius 3 is 2.95 bits per heavy atom. The summed E-state index contributed by atoms with van der Waals surface area (Å²) in [4.78, 5) is 30.3. The van der Waals surface area contributed by atoms with Crippen molar-refractivity contribution >= 4 is 22.3 Å². The van der Waals surface area contributed by atoms with Gasteiger partial charge in [-0.3, -0.25) is 9.20 Å². The second kappa shape index (κ2) is 6.04. The summed E-state index contributed by atoms with van der Waals surface area (Å²) in [6.45, 7) is 3.68. The van der Waals surface area contributed by atoms with Gasteiger partial charge in [0.05, 0.1) is 5.69 Å². The van der Waals surface area contributed by atoms with Gasteiger partial charge in [0.25, 0.3) is 5.56 Å². The minimum Gasteiger partial charge on any atom is -0.456 e. The number of hydrogen-bond donors (Lipinski definition) is 0. The van der Waals surface area contributed by atoms with Gasteiger partial charge in [-0.25, -0.2) is 9.78 Å². The quantitative estimate of drug-likeness (QED) is 0.645. The molecule has 3 rings (SSSR count). The van der Waals surface area contributed by atoms with E-state index in [1.54, 1.807) is 15.7 Å². The molecule has 2 aromatic rings. The SMILES string of the molecule is CC(C)=CC(=O)OCc1cc(=O)n2c3c(sc2n1)CCCC3. The van der Waals surface area contributed by atoms with Crippen LogP contribution >= 0.6 is 11.3 Å². The van der Waals surface area contributed by atoms with Crippen LogP contribution in [0.3, 0.4) is 0 Å². The first kappa shape index (κ1) is 15.0. The van der Waals surface area contributed by atoms with Crippen LogP contribution in [-0.2, 0) is 29.0 Å². The van der Waals surface area contributed by atoms with E-state index in [4.69, 9.17) is 4.74 Å². The Morgan fingerprint density at radius 2 is 2.18 bits per heavy atom. The number of aromatic nitrogens is 2. The summed E-state index contributed by atoms with van der Waals surface area (Å²) in [6, 6.07) is 1.46. The lowest BCUT2D eigenvalue weighted by Gasteiger charge is -2.10. The van der Waals surface area contributed by atoms with E-state index in [0.29, 0.717) is 10.7 Å². The van der Waals surface area contributed by atoms with Gasteiger partial charge in [0.15, 0.2) is 4.96 Å². The van der Waals surface area contributed by atoms with E-state index in [2.05, 4.69) is 4.98 Å². The molecule has 0 bridgehead atoms. The van der Waals surface area contributed by atoms with Crippen LogP contribution in [0.4, 0.5) is 0 Å². The van der Waals surface area contributed by atoms with Crippen LogP contribution in [0.2, 0.25) is 0 Å². The average molecular weight is 318 g/mol. The summed E-state index contributed by atoms with van der Waals surface area (Å²) in [5.74, 6) is -0.410. The predicted molar refractivity (Wildman–Crippen MR) is 85.2 cm³/mol. The molecule has 0 aromatic carbocycles. The monoisotopic (exact) mass is 318 g/mol. The zero-order valence-electron chi connectivity index (χ0n) is 12.7. The molecule has 22 heavy (non-hydrogen) atoms. The number of thiazole rings is 1. The van der Waals surface area contributed by atoms with Crippen molar-refractivity contribution in [2.75, 3.05) is 0 Å². The molecular formula is C16H18N2O3S. The van der Waals surface area contributed by atoms with Crippen molar-refractivity contribution in [2.45, 2.75) is 46.1 Å². The van der Waals surface area contributed by atoms with Gasteiger partial charge in [-0.1, -0.05) is 5.57 Å². The molecule has 0 amide bonds. The zero-order chi connectivity index (χ0) is 15.7. The van der Waals surface area contributed by atoms with E-state index in [1.807, 2.05) is 13.8 Å². The van der Waals surface area contributed by atoms with Crippen molar-refractivity contribution in [3.63, 3.8) is 0 Å². The minimum absolute atomic E-state index is 0.0247. The first-order chi connectivity index (χ1) is 10.5. The number of ether oxygens (including phenoxy) is 1. The highest BCUT2D eigenvalue weighted by molar-refractivity contribution is 7.17. The maximum Gasteiger partial charge on any atom is 0.331 e. The zero-order valence-corrected chi connectivity index (χ0v) is 13.5. The van der Waals surface area contributed by atoms with Gasteiger partial charge >= 0.3 is 5.97 Å². The molecular weight excluding hydrogens is 300 g/mol. The second-order valence-corrected chi connectivity index (χ2v) is 6.77. The van der Waals surface area contributed by atoms with Crippen molar-refractivity contribution in [2.24, 2.45) is 0 Å². The van der Waals surface area contributed by atoms with Gasteiger partial charge in [-0.15, -0.1) is 11.3 Å². The third-order valence-electron chi connectivity index (χ3n) is 3.58. The first-order valence-electron chi connectivity index (χ1n) is 7.39. The summed E-state index contributed by atoms with van der Waals surface area (Å²) in [6.07, 6.45) is 5.67. The molecule has 0 radical (unpaired) electrons. The van der Waals surface area contributed by atoms with E-state index in [9.17, 15) is 9.59 Å². The number of esters is 1. The summed E-state index contributed by atoms with van der Waals surface area (Å²) < 4.78 is 6.83. The van der Waals surface area contributed by atoms with Crippen LogP contribution in [0.5, 0.6) is 0 Å². The number of carbonyl (C=O) groups excluding carboxylic acids is 1. The molecule has 0 aliphatic heterocycles. The molecule has 6 heteroatoms. The highest BCUT2D eigenvalue weighted by Gasteiger charge is 2.18. The molecule has 1 aliphatic carbocycles. The van der Waals surface area contributed by atoms with Gasteiger partial charge in [-0.05, 0) is 39.5 Å². The first-order valence-corrected chi connectivity index (χ1v) is 8.21. The van der Waals surface area contributed by atoms with E-state index in [-0.39, 0.29) is 12.2 Å². The van der Waals surface area contributed by atoms with E-state index >= 15 is 0 Å². The van der Waals surface area contributed by atoms with Crippen molar-refractivity contribution in [1.82, 2.24) is 9.38 Å². The number of fused-ring (bicyclic) bond motifs is 3. The van der Waals surface area contributed by atoms with Gasteiger partial charge in [0.2, 0.25) is 0 Å².